The molecule has 2 fully saturated rings. The van der Waals surface area contributed by atoms with Crippen LogP contribution in [-0.4, -0.2) is 23.4 Å². The fraction of sp³-hybridized carbons (Fsp3) is 0.632. The van der Waals surface area contributed by atoms with Gasteiger partial charge >= 0.3 is 0 Å². The third-order valence-corrected chi connectivity index (χ3v) is 4.73. The van der Waals surface area contributed by atoms with Crippen molar-refractivity contribution in [2.75, 3.05) is 6.54 Å². The molecule has 2 nitrogen and oxygen atoms in total. The highest BCUT2D eigenvalue weighted by Crippen LogP contribution is 2.35. The van der Waals surface area contributed by atoms with E-state index in [1.807, 2.05) is 0 Å². The zero-order chi connectivity index (χ0) is 14.8. The molecule has 1 aromatic carbocycles. The second-order valence-corrected chi connectivity index (χ2v) is 7.12. The number of carbonyl (C=O) groups is 1. The van der Waals surface area contributed by atoms with Gasteiger partial charge in [-0.3, -0.25) is 4.79 Å². The van der Waals surface area contributed by atoms with Gasteiger partial charge in [-0.2, -0.15) is 0 Å². The maximum Gasteiger partial charge on any atom is 0.223 e. The standard InChI is InChI=1S/C19H27NO/c1-14(2)17-8-5-15(6-9-17)7-12-19(21)20(18-10-11-18)13-16-3-4-16/h5-6,8-9,14,16,18H,3-4,7,10-13H2,1-2H3. The predicted molar refractivity (Wildman–Crippen MR) is 86.3 cm³/mol. The summed E-state index contributed by atoms with van der Waals surface area (Å²) in [5, 5.41) is 0. The minimum Gasteiger partial charge on any atom is -0.339 e. The van der Waals surface area contributed by atoms with Crippen LogP contribution in [0.2, 0.25) is 0 Å². The van der Waals surface area contributed by atoms with Crippen molar-refractivity contribution in [2.24, 2.45) is 5.92 Å². The molecule has 0 N–H and O–H groups in total. The van der Waals surface area contributed by atoms with Crippen LogP contribution in [0.3, 0.4) is 0 Å². The topological polar surface area (TPSA) is 20.3 Å². The number of benzene rings is 1. The average Bonchev–Trinajstić information content (AvgIpc) is 3.36. The molecule has 0 bridgehead atoms. The minimum absolute atomic E-state index is 0.373. The first kappa shape index (κ1) is 14.6. The van der Waals surface area contributed by atoms with E-state index in [1.54, 1.807) is 0 Å². The summed E-state index contributed by atoms with van der Waals surface area (Å²) in [5.41, 5.74) is 2.66. The lowest BCUT2D eigenvalue weighted by Gasteiger charge is -2.22. The van der Waals surface area contributed by atoms with Crippen LogP contribution in [0.5, 0.6) is 0 Å². The second kappa shape index (κ2) is 6.21. The molecule has 0 radical (unpaired) electrons. The summed E-state index contributed by atoms with van der Waals surface area (Å²) < 4.78 is 0. The van der Waals surface area contributed by atoms with Crippen molar-refractivity contribution in [3.05, 3.63) is 35.4 Å². The van der Waals surface area contributed by atoms with E-state index in [2.05, 4.69) is 43.0 Å². The molecule has 0 atom stereocenters. The molecule has 1 aromatic rings. The molecule has 2 heteroatoms. The van der Waals surface area contributed by atoms with Gasteiger partial charge in [-0.25, -0.2) is 0 Å². The molecule has 0 spiro atoms. The SMILES string of the molecule is CC(C)c1ccc(CCC(=O)N(CC2CC2)C2CC2)cc1. The van der Waals surface area contributed by atoms with Gasteiger partial charge < -0.3 is 4.90 Å². The maximum absolute atomic E-state index is 12.5. The van der Waals surface area contributed by atoms with Crippen LogP contribution in [-0.2, 0) is 11.2 Å². The zero-order valence-electron chi connectivity index (χ0n) is 13.3. The van der Waals surface area contributed by atoms with E-state index in [0.717, 1.165) is 18.9 Å². The molecule has 0 saturated heterocycles. The quantitative estimate of drug-likeness (QED) is 0.737. The second-order valence-electron chi connectivity index (χ2n) is 7.12. The predicted octanol–water partition coefficient (Wildman–Crippen LogP) is 4.14. The van der Waals surface area contributed by atoms with Crippen molar-refractivity contribution < 1.29 is 4.79 Å². The summed E-state index contributed by atoms with van der Waals surface area (Å²) in [6.07, 6.45) is 6.65. The molecule has 0 aliphatic heterocycles. The summed E-state index contributed by atoms with van der Waals surface area (Å²) in [6.45, 7) is 5.45. The van der Waals surface area contributed by atoms with Crippen molar-refractivity contribution >= 4 is 5.91 Å². The Hall–Kier alpha value is -1.31. The number of amides is 1. The van der Waals surface area contributed by atoms with Crippen molar-refractivity contribution in [1.29, 1.82) is 0 Å². The van der Waals surface area contributed by atoms with Gasteiger partial charge in [0.2, 0.25) is 5.91 Å². The Balaban J connectivity index is 1.51. The van der Waals surface area contributed by atoms with E-state index < -0.39 is 0 Å². The molecule has 114 valence electrons. The molecule has 0 unspecified atom stereocenters. The molecule has 2 aliphatic rings. The Labute approximate surface area is 128 Å². The van der Waals surface area contributed by atoms with Gasteiger partial charge in [0.1, 0.15) is 0 Å². The fourth-order valence-electron chi connectivity index (χ4n) is 2.88. The Morgan fingerprint density at radius 3 is 2.33 bits per heavy atom. The van der Waals surface area contributed by atoms with Crippen LogP contribution in [0.15, 0.2) is 24.3 Å². The molecule has 0 heterocycles. The maximum atomic E-state index is 12.5. The number of carbonyl (C=O) groups excluding carboxylic acids is 1. The molecule has 1 amide bonds. The van der Waals surface area contributed by atoms with Gasteiger partial charge in [-0.15, -0.1) is 0 Å². The Bertz CT molecular complexity index is 483. The van der Waals surface area contributed by atoms with E-state index in [0.29, 0.717) is 24.3 Å². The molecule has 0 aromatic heterocycles. The van der Waals surface area contributed by atoms with Crippen LogP contribution in [0.1, 0.15) is 63.0 Å². The first-order valence-corrected chi connectivity index (χ1v) is 8.52. The lowest BCUT2D eigenvalue weighted by atomic mass is 10.00. The Morgan fingerprint density at radius 2 is 1.81 bits per heavy atom. The minimum atomic E-state index is 0.373. The highest BCUT2D eigenvalue weighted by molar-refractivity contribution is 5.77. The normalized spacial score (nSPS) is 18.0. The van der Waals surface area contributed by atoms with Gasteiger partial charge in [0.25, 0.3) is 0 Å². The van der Waals surface area contributed by atoms with Crippen LogP contribution < -0.4 is 0 Å². The molecular formula is C19H27NO. The van der Waals surface area contributed by atoms with Crippen molar-refractivity contribution in [1.82, 2.24) is 4.90 Å². The zero-order valence-corrected chi connectivity index (χ0v) is 13.3. The van der Waals surface area contributed by atoms with E-state index in [9.17, 15) is 4.79 Å². The summed E-state index contributed by atoms with van der Waals surface area (Å²) in [6, 6.07) is 9.35. The third kappa shape index (κ3) is 4.09. The number of hydrogen-bond acceptors (Lipinski definition) is 1. The van der Waals surface area contributed by atoms with Crippen molar-refractivity contribution in [2.45, 2.75) is 64.3 Å². The highest BCUT2D eigenvalue weighted by atomic mass is 16.2. The van der Waals surface area contributed by atoms with Crippen LogP contribution in [0, 0.1) is 5.92 Å². The summed E-state index contributed by atoms with van der Waals surface area (Å²) >= 11 is 0. The lowest BCUT2D eigenvalue weighted by Crippen LogP contribution is -2.35. The summed E-state index contributed by atoms with van der Waals surface area (Å²) in [5.74, 6) is 1.75. The van der Waals surface area contributed by atoms with E-state index in [4.69, 9.17) is 0 Å². The third-order valence-electron chi connectivity index (χ3n) is 4.73. The first-order valence-electron chi connectivity index (χ1n) is 8.52. The van der Waals surface area contributed by atoms with Crippen molar-refractivity contribution in [3.8, 4) is 0 Å². The van der Waals surface area contributed by atoms with Crippen LogP contribution in [0.4, 0.5) is 0 Å². The van der Waals surface area contributed by atoms with Gasteiger partial charge in [0.05, 0.1) is 0 Å². The average molecular weight is 285 g/mol. The van der Waals surface area contributed by atoms with Gasteiger partial charge in [-0.1, -0.05) is 38.1 Å². The summed E-state index contributed by atoms with van der Waals surface area (Å²) in [7, 11) is 0. The van der Waals surface area contributed by atoms with Gasteiger partial charge in [0.15, 0.2) is 0 Å². The fourth-order valence-corrected chi connectivity index (χ4v) is 2.88. The number of aryl methyl sites for hydroxylation is 1. The molecule has 21 heavy (non-hydrogen) atoms. The highest BCUT2D eigenvalue weighted by Gasteiger charge is 2.36. The molecular weight excluding hydrogens is 258 g/mol. The van der Waals surface area contributed by atoms with Gasteiger partial charge in [-0.05, 0) is 55.1 Å². The first-order chi connectivity index (χ1) is 10.1. The van der Waals surface area contributed by atoms with Gasteiger partial charge in [0, 0.05) is 19.0 Å². The monoisotopic (exact) mass is 285 g/mol. The lowest BCUT2D eigenvalue weighted by molar-refractivity contribution is -0.132. The van der Waals surface area contributed by atoms with Crippen molar-refractivity contribution in [3.63, 3.8) is 0 Å². The smallest absolute Gasteiger partial charge is 0.223 e. The van der Waals surface area contributed by atoms with E-state index in [-0.39, 0.29) is 0 Å². The number of hydrogen-bond donors (Lipinski definition) is 0. The number of nitrogens with zero attached hydrogens (tertiary/aromatic N) is 1. The molecule has 2 aliphatic carbocycles. The number of rotatable bonds is 7. The molecule has 3 rings (SSSR count). The van der Waals surface area contributed by atoms with Crippen LogP contribution in [0.25, 0.3) is 0 Å². The Morgan fingerprint density at radius 1 is 1.14 bits per heavy atom. The summed E-state index contributed by atoms with van der Waals surface area (Å²) in [4.78, 5) is 14.6. The van der Waals surface area contributed by atoms with Crippen LogP contribution >= 0.6 is 0 Å². The van der Waals surface area contributed by atoms with E-state index >= 15 is 0 Å². The van der Waals surface area contributed by atoms with E-state index in [1.165, 1.54) is 36.8 Å². The Kier molecular flexibility index (Phi) is 4.32. The molecule has 2 saturated carbocycles. The largest absolute Gasteiger partial charge is 0.339 e.